The Morgan fingerprint density at radius 2 is 1.73 bits per heavy atom. The smallest absolute Gasteiger partial charge is 0.311 e. The summed E-state index contributed by atoms with van der Waals surface area (Å²) < 4.78 is 10.4. The van der Waals surface area contributed by atoms with Gasteiger partial charge in [0.05, 0.1) is 6.61 Å². The quantitative estimate of drug-likeness (QED) is 0.389. The predicted molar refractivity (Wildman–Crippen MR) is 85.9 cm³/mol. The number of hydrogen-bond donors (Lipinski definition) is 0. The lowest BCUT2D eigenvalue weighted by atomic mass is 10.0. The summed E-state index contributed by atoms with van der Waals surface area (Å²) in [6.45, 7) is 6.61. The van der Waals surface area contributed by atoms with Crippen LogP contribution in [0.5, 0.6) is 5.75 Å². The van der Waals surface area contributed by atoms with Gasteiger partial charge in [-0.15, -0.1) is 0 Å². The highest BCUT2D eigenvalue weighted by molar-refractivity contribution is 5.74. The molecule has 4 heteroatoms. The first-order chi connectivity index (χ1) is 10.5. The average molecular weight is 306 g/mol. The van der Waals surface area contributed by atoms with Gasteiger partial charge in [0, 0.05) is 12.8 Å². The fraction of sp³-hybridized carbons (Fsp3) is 0.556. The van der Waals surface area contributed by atoms with Crippen LogP contribution >= 0.6 is 0 Å². The fourth-order valence-electron chi connectivity index (χ4n) is 2.00. The fourth-order valence-corrected chi connectivity index (χ4v) is 2.00. The molecule has 1 aromatic rings. The van der Waals surface area contributed by atoms with Crippen molar-refractivity contribution in [3.8, 4) is 5.75 Å². The first kappa shape index (κ1) is 18.2. The van der Waals surface area contributed by atoms with E-state index in [1.807, 2.05) is 25.1 Å². The maximum Gasteiger partial charge on any atom is 0.311 e. The maximum atomic E-state index is 11.9. The number of carbonyl (C=O) groups is 2. The zero-order chi connectivity index (χ0) is 16.4. The van der Waals surface area contributed by atoms with Crippen LogP contribution in [0, 0.1) is 0 Å². The Labute approximate surface area is 132 Å². The summed E-state index contributed by atoms with van der Waals surface area (Å²) in [5, 5.41) is 0. The molecule has 22 heavy (non-hydrogen) atoms. The van der Waals surface area contributed by atoms with Crippen molar-refractivity contribution in [2.45, 2.75) is 58.8 Å². The Morgan fingerprint density at radius 1 is 1.05 bits per heavy atom. The van der Waals surface area contributed by atoms with Crippen molar-refractivity contribution in [1.29, 1.82) is 0 Å². The minimum absolute atomic E-state index is 0.218. The van der Waals surface area contributed by atoms with Gasteiger partial charge >= 0.3 is 11.9 Å². The van der Waals surface area contributed by atoms with Crippen LogP contribution in [0.1, 0.15) is 64.4 Å². The third kappa shape index (κ3) is 6.74. The molecule has 1 aromatic carbocycles. The molecule has 0 aliphatic carbocycles. The van der Waals surface area contributed by atoms with Gasteiger partial charge in [-0.3, -0.25) is 9.59 Å². The molecule has 0 fully saturated rings. The molecule has 0 heterocycles. The van der Waals surface area contributed by atoms with E-state index >= 15 is 0 Å². The molecular weight excluding hydrogens is 280 g/mol. The van der Waals surface area contributed by atoms with Crippen LogP contribution in [0.2, 0.25) is 0 Å². The van der Waals surface area contributed by atoms with Crippen LogP contribution in [0.15, 0.2) is 24.3 Å². The highest BCUT2D eigenvalue weighted by Crippen LogP contribution is 2.26. The molecular formula is C18H26O4. The van der Waals surface area contributed by atoms with Crippen molar-refractivity contribution < 1.29 is 19.1 Å². The first-order valence-electron chi connectivity index (χ1n) is 7.99. The molecule has 4 nitrogen and oxygen atoms in total. The van der Waals surface area contributed by atoms with E-state index in [-0.39, 0.29) is 30.7 Å². The minimum Gasteiger partial charge on any atom is -0.466 e. The number of ether oxygens (including phenoxy) is 2. The van der Waals surface area contributed by atoms with Gasteiger partial charge < -0.3 is 9.47 Å². The Morgan fingerprint density at radius 3 is 2.41 bits per heavy atom. The van der Waals surface area contributed by atoms with E-state index in [9.17, 15) is 9.59 Å². The van der Waals surface area contributed by atoms with Crippen LogP contribution in [-0.4, -0.2) is 18.5 Å². The van der Waals surface area contributed by atoms with Gasteiger partial charge in [-0.1, -0.05) is 45.4 Å². The molecule has 122 valence electrons. The Hall–Kier alpha value is -1.84. The van der Waals surface area contributed by atoms with Crippen molar-refractivity contribution >= 4 is 11.9 Å². The van der Waals surface area contributed by atoms with E-state index in [1.54, 1.807) is 6.07 Å². The number of hydrogen-bond acceptors (Lipinski definition) is 4. The van der Waals surface area contributed by atoms with Crippen molar-refractivity contribution in [3.05, 3.63) is 29.8 Å². The second-order valence-corrected chi connectivity index (χ2v) is 5.59. The summed E-state index contributed by atoms with van der Waals surface area (Å²) in [5.74, 6) is 0.337. The third-order valence-electron chi connectivity index (χ3n) is 3.29. The number of unbranched alkanes of at least 4 members (excludes halogenated alkanes) is 1. The molecule has 0 atom stereocenters. The predicted octanol–water partition coefficient (Wildman–Crippen LogP) is 4.23. The molecule has 0 aliphatic heterocycles. The molecule has 0 saturated heterocycles. The highest BCUT2D eigenvalue weighted by Gasteiger charge is 2.12. The zero-order valence-corrected chi connectivity index (χ0v) is 13.8. The van der Waals surface area contributed by atoms with Crippen LogP contribution in [0.4, 0.5) is 0 Å². The number of esters is 2. The van der Waals surface area contributed by atoms with E-state index in [4.69, 9.17) is 9.47 Å². The summed E-state index contributed by atoms with van der Waals surface area (Å²) in [7, 11) is 0. The standard InChI is InChI=1S/C18H26O4/c1-4-5-13-21-17(19)11-8-12-18(20)22-16-10-7-6-9-15(16)14(2)3/h6-7,9-10,14H,4-5,8,11-13H2,1-3H3. The monoisotopic (exact) mass is 306 g/mol. The maximum absolute atomic E-state index is 11.9. The molecule has 0 radical (unpaired) electrons. The van der Waals surface area contributed by atoms with Crippen molar-refractivity contribution in [2.75, 3.05) is 6.61 Å². The normalized spacial score (nSPS) is 10.5. The summed E-state index contributed by atoms with van der Waals surface area (Å²) in [4.78, 5) is 23.3. The largest absolute Gasteiger partial charge is 0.466 e. The molecule has 0 aromatic heterocycles. The number of para-hydroxylation sites is 1. The molecule has 0 amide bonds. The first-order valence-corrected chi connectivity index (χ1v) is 7.99. The number of carbonyl (C=O) groups excluding carboxylic acids is 2. The van der Waals surface area contributed by atoms with E-state index in [2.05, 4.69) is 13.8 Å². The van der Waals surface area contributed by atoms with Gasteiger partial charge in [0.2, 0.25) is 0 Å². The van der Waals surface area contributed by atoms with Gasteiger partial charge in [-0.05, 0) is 30.4 Å². The Balaban J connectivity index is 2.34. The van der Waals surface area contributed by atoms with E-state index in [0.717, 1.165) is 18.4 Å². The molecule has 0 spiro atoms. The molecule has 0 N–H and O–H groups in total. The third-order valence-corrected chi connectivity index (χ3v) is 3.29. The molecule has 0 saturated carbocycles. The summed E-state index contributed by atoms with van der Waals surface area (Å²) in [6, 6.07) is 7.53. The average Bonchev–Trinajstić information content (AvgIpc) is 2.48. The molecule has 0 aliphatic rings. The topological polar surface area (TPSA) is 52.6 Å². The van der Waals surface area contributed by atoms with Crippen molar-refractivity contribution in [1.82, 2.24) is 0 Å². The second-order valence-electron chi connectivity index (χ2n) is 5.59. The van der Waals surface area contributed by atoms with Crippen LogP contribution in [0.3, 0.4) is 0 Å². The van der Waals surface area contributed by atoms with Crippen LogP contribution in [-0.2, 0) is 14.3 Å². The van der Waals surface area contributed by atoms with Crippen molar-refractivity contribution in [3.63, 3.8) is 0 Å². The molecule has 0 bridgehead atoms. The van der Waals surface area contributed by atoms with E-state index in [0.29, 0.717) is 18.8 Å². The highest BCUT2D eigenvalue weighted by atomic mass is 16.5. The summed E-state index contributed by atoms with van der Waals surface area (Å²) in [5.41, 5.74) is 1.01. The van der Waals surface area contributed by atoms with Crippen LogP contribution in [0.25, 0.3) is 0 Å². The van der Waals surface area contributed by atoms with Gasteiger partial charge in [0.15, 0.2) is 0 Å². The summed E-state index contributed by atoms with van der Waals surface area (Å²) in [6.07, 6.45) is 2.79. The second kappa shape index (κ2) is 9.98. The number of rotatable bonds is 9. The lowest BCUT2D eigenvalue weighted by Gasteiger charge is -2.12. The lowest BCUT2D eigenvalue weighted by Crippen LogP contribution is -2.11. The SMILES string of the molecule is CCCCOC(=O)CCCC(=O)Oc1ccccc1C(C)C. The summed E-state index contributed by atoms with van der Waals surface area (Å²) >= 11 is 0. The van der Waals surface area contributed by atoms with Crippen LogP contribution < -0.4 is 4.74 Å². The van der Waals surface area contributed by atoms with Gasteiger partial charge in [-0.2, -0.15) is 0 Å². The molecule has 1 rings (SSSR count). The van der Waals surface area contributed by atoms with Gasteiger partial charge in [0.25, 0.3) is 0 Å². The Bertz CT molecular complexity index is 480. The van der Waals surface area contributed by atoms with E-state index < -0.39 is 0 Å². The lowest BCUT2D eigenvalue weighted by molar-refractivity contribution is -0.144. The zero-order valence-electron chi connectivity index (χ0n) is 13.8. The van der Waals surface area contributed by atoms with Gasteiger partial charge in [-0.25, -0.2) is 0 Å². The minimum atomic E-state index is -0.311. The van der Waals surface area contributed by atoms with Crippen molar-refractivity contribution in [2.24, 2.45) is 0 Å². The van der Waals surface area contributed by atoms with Gasteiger partial charge in [0.1, 0.15) is 5.75 Å². The molecule has 0 unspecified atom stereocenters. The number of benzene rings is 1. The Kier molecular flexibility index (Phi) is 8.26. The van der Waals surface area contributed by atoms with E-state index in [1.165, 1.54) is 0 Å².